The molecule has 0 radical (unpaired) electrons. The normalized spacial score (nSPS) is 10.6. The van der Waals surface area contributed by atoms with E-state index in [-0.39, 0.29) is 5.69 Å². The number of nitrogens with zero attached hydrogens (tertiary/aromatic N) is 4. The summed E-state index contributed by atoms with van der Waals surface area (Å²) in [6.07, 6.45) is 3.44. The Hall–Kier alpha value is -2.44. The first-order valence-corrected chi connectivity index (χ1v) is 7.40. The van der Waals surface area contributed by atoms with Crippen molar-refractivity contribution in [2.24, 2.45) is 0 Å². The Morgan fingerprint density at radius 1 is 1.17 bits per heavy atom. The summed E-state index contributed by atoms with van der Waals surface area (Å²) in [5.41, 5.74) is 0.634. The van der Waals surface area contributed by atoms with E-state index < -0.39 is 5.91 Å². The van der Waals surface area contributed by atoms with Gasteiger partial charge in [0.1, 0.15) is 5.82 Å². The average molecular weight is 348 g/mol. The summed E-state index contributed by atoms with van der Waals surface area (Å²) in [7, 11) is 0. The molecule has 0 aliphatic rings. The largest absolute Gasteiger partial charge is 0.319 e. The number of nitrogens with one attached hydrogen (secondary N) is 1. The summed E-state index contributed by atoms with van der Waals surface area (Å²) in [5.74, 6) is 0.959. The fourth-order valence-corrected chi connectivity index (χ4v) is 2.43. The maximum atomic E-state index is 12.2. The number of aryl methyl sites for hydroxylation is 1. The van der Waals surface area contributed by atoms with Crippen molar-refractivity contribution in [2.45, 2.75) is 6.92 Å². The third kappa shape index (κ3) is 3.33. The van der Waals surface area contributed by atoms with Crippen LogP contribution in [0.25, 0.3) is 5.82 Å². The van der Waals surface area contributed by atoms with Crippen molar-refractivity contribution in [1.82, 2.24) is 19.7 Å². The fraction of sp³-hybridized carbons (Fsp3) is 0.0667. The van der Waals surface area contributed by atoms with Gasteiger partial charge in [-0.25, -0.2) is 4.98 Å². The van der Waals surface area contributed by atoms with E-state index in [1.54, 1.807) is 47.3 Å². The molecule has 0 saturated heterocycles. The van der Waals surface area contributed by atoms with Gasteiger partial charge in [0.15, 0.2) is 11.5 Å². The highest BCUT2D eigenvalue weighted by atomic mass is 35.5. The Morgan fingerprint density at radius 2 is 2.00 bits per heavy atom. The molecule has 3 aromatic rings. The summed E-state index contributed by atoms with van der Waals surface area (Å²) in [5, 5.41) is 11.5. The zero-order chi connectivity index (χ0) is 16.4. The van der Waals surface area contributed by atoms with Crippen LogP contribution in [-0.4, -0.2) is 25.7 Å². The van der Waals surface area contributed by atoms with Crippen LogP contribution in [0.1, 0.15) is 16.3 Å². The van der Waals surface area contributed by atoms with Crippen molar-refractivity contribution in [2.75, 3.05) is 5.32 Å². The second-order valence-electron chi connectivity index (χ2n) is 4.70. The quantitative estimate of drug-likeness (QED) is 0.786. The number of aromatic nitrogens is 4. The topological polar surface area (TPSA) is 72.7 Å². The number of carbonyl (C=O) groups excluding carboxylic acids is 1. The maximum absolute atomic E-state index is 12.2. The predicted octanol–water partition coefficient (Wildman–Crippen LogP) is 3.53. The van der Waals surface area contributed by atoms with E-state index in [2.05, 4.69) is 20.5 Å². The van der Waals surface area contributed by atoms with Crippen LogP contribution >= 0.6 is 23.2 Å². The molecule has 8 heteroatoms. The van der Waals surface area contributed by atoms with Crippen LogP contribution in [0.2, 0.25) is 10.0 Å². The molecule has 0 unspecified atom stereocenters. The zero-order valence-corrected chi connectivity index (χ0v) is 13.5. The first-order valence-electron chi connectivity index (χ1n) is 6.65. The Kier molecular flexibility index (Phi) is 4.27. The number of anilines is 1. The van der Waals surface area contributed by atoms with Gasteiger partial charge in [-0.05, 0) is 37.3 Å². The lowest BCUT2D eigenvalue weighted by molar-refractivity contribution is 0.102. The van der Waals surface area contributed by atoms with E-state index in [4.69, 9.17) is 23.2 Å². The molecule has 0 bridgehead atoms. The van der Waals surface area contributed by atoms with Gasteiger partial charge in [-0.1, -0.05) is 23.2 Å². The molecule has 0 aliphatic heterocycles. The summed E-state index contributed by atoms with van der Waals surface area (Å²) in [4.78, 5) is 16.3. The SMILES string of the molecule is Cc1nccn1-c1ccc(C(=O)Nc2ccc(Cl)cc2Cl)nn1. The highest BCUT2D eigenvalue weighted by Crippen LogP contribution is 2.25. The van der Waals surface area contributed by atoms with Gasteiger partial charge in [-0.15, -0.1) is 10.2 Å². The summed E-state index contributed by atoms with van der Waals surface area (Å²) < 4.78 is 1.77. The molecule has 3 rings (SSSR count). The molecular weight excluding hydrogens is 337 g/mol. The van der Waals surface area contributed by atoms with Crippen molar-refractivity contribution in [1.29, 1.82) is 0 Å². The first kappa shape index (κ1) is 15.5. The van der Waals surface area contributed by atoms with Crippen LogP contribution in [0.5, 0.6) is 0 Å². The van der Waals surface area contributed by atoms with Crippen molar-refractivity contribution in [3.05, 3.63) is 64.3 Å². The standard InChI is InChI=1S/C15H11Cl2N5O/c1-9-18-6-7-22(9)14-5-4-13(20-21-14)15(23)19-12-3-2-10(16)8-11(12)17/h2-8H,1H3,(H,19,23). The minimum atomic E-state index is -0.407. The Balaban J connectivity index is 1.79. The molecule has 0 saturated carbocycles. The highest BCUT2D eigenvalue weighted by molar-refractivity contribution is 6.36. The highest BCUT2D eigenvalue weighted by Gasteiger charge is 2.12. The summed E-state index contributed by atoms with van der Waals surface area (Å²) in [6, 6.07) is 8.09. The molecule has 6 nitrogen and oxygen atoms in total. The van der Waals surface area contributed by atoms with Crippen LogP contribution in [0.4, 0.5) is 5.69 Å². The number of amides is 1. The molecule has 0 spiro atoms. The van der Waals surface area contributed by atoms with Crippen LogP contribution < -0.4 is 5.32 Å². The number of hydrogen-bond acceptors (Lipinski definition) is 4. The van der Waals surface area contributed by atoms with E-state index in [0.717, 1.165) is 5.82 Å². The van der Waals surface area contributed by atoms with E-state index in [1.165, 1.54) is 0 Å². The molecule has 0 aliphatic carbocycles. The van der Waals surface area contributed by atoms with Crippen LogP contribution in [0.3, 0.4) is 0 Å². The molecular formula is C15H11Cl2N5O. The number of benzene rings is 1. The third-order valence-corrected chi connectivity index (χ3v) is 3.68. The third-order valence-electron chi connectivity index (χ3n) is 3.14. The lowest BCUT2D eigenvalue weighted by Gasteiger charge is -2.07. The monoisotopic (exact) mass is 347 g/mol. The molecule has 0 atom stereocenters. The van der Waals surface area contributed by atoms with Gasteiger partial charge >= 0.3 is 0 Å². The second kappa shape index (κ2) is 6.36. The maximum Gasteiger partial charge on any atom is 0.276 e. The van der Waals surface area contributed by atoms with Gasteiger partial charge in [0.2, 0.25) is 0 Å². The first-order chi connectivity index (χ1) is 11.0. The predicted molar refractivity (Wildman–Crippen MR) is 88.3 cm³/mol. The van der Waals surface area contributed by atoms with E-state index >= 15 is 0 Å². The number of rotatable bonds is 3. The van der Waals surface area contributed by atoms with Crippen molar-refractivity contribution >= 4 is 34.8 Å². The van der Waals surface area contributed by atoms with Gasteiger partial charge in [-0.2, -0.15) is 0 Å². The molecule has 23 heavy (non-hydrogen) atoms. The van der Waals surface area contributed by atoms with E-state index in [0.29, 0.717) is 21.6 Å². The molecule has 116 valence electrons. The molecule has 1 N–H and O–H groups in total. The number of halogens is 2. The summed E-state index contributed by atoms with van der Waals surface area (Å²) >= 11 is 11.8. The minimum Gasteiger partial charge on any atom is -0.319 e. The van der Waals surface area contributed by atoms with Crippen molar-refractivity contribution in [3.63, 3.8) is 0 Å². The van der Waals surface area contributed by atoms with Gasteiger partial charge < -0.3 is 5.32 Å². The molecule has 1 amide bonds. The lowest BCUT2D eigenvalue weighted by Crippen LogP contribution is -2.15. The Bertz CT molecular complexity index is 861. The Labute approximate surface area is 142 Å². The van der Waals surface area contributed by atoms with Crippen LogP contribution in [0, 0.1) is 6.92 Å². The summed E-state index contributed by atoms with van der Waals surface area (Å²) in [6.45, 7) is 1.85. The zero-order valence-electron chi connectivity index (χ0n) is 12.0. The Morgan fingerprint density at radius 3 is 2.61 bits per heavy atom. The van der Waals surface area contributed by atoms with E-state index in [9.17, 15) is 4.79 Å². The minimum absolute atomic E-state index is 0.178. The van der Waals surface area contributed by atoms with E-state index in [1.807, 2.05) is 6.92 Å². The average Bonchev–Trinajstić information content (AvgIpc) is 2.96. The van der Waals surface area contributed by atoms with Gasteiger partial charge in [0, 0.05) is 17.4 Å². The second-order valence-corrected chi connectivity index (χ2v) is 5.54. The molecule has 2 heterocycles. The number of carbonyl (C=O) groups is 1. The molecule has 0 fully saturated rings. The number of imidazole rings is 1. The fourth-order valence-electron chi connectivity index (χ4n) is 1.97. The van der Waals surface area contributed by atoms with Crippen molar-refractivity contribution < 1.29 is 4.79 Å². The van der Waals surface area contributed by atoms with Crippen molar-refractivity contribution in [3.8, 4) is 5.82 Å². The molecule has 1 aromatic carbocycles. The van der Waals surface area contributed by atoms with Gasteiger partial charge in [0.25, 0.3) is 5.91 Å². The smallest absolute Gasteiger partial charge is 0.276 e. The van der Waals surface area contributed by atoms with Crippen LogP contribution in [-0.2, 0) is 0 Å². The van der Waals surface area contributed by atoms with Gasteiger partial charge in [0.05, 0.1) is 10.7 Å². The number of hydrogen-bond donors (Lipinski definition) is 1. The van der Waals surface area contributed by atoms with Gasteiger partial charge in [-0.3, -0.25) is 9.36 Å². The van der Waals surface area contributed by atoms with Crippen LogP contribution in [0.15, 0.2) is 42.7 Å². The lowest BCUT2D eigenvalue weighted by atomic mass is 10.3. The molecule has 2 aromatic heterocycles.